The first-order chi connectivity index (χ1) is 11.9. The summed E-state index contributed by atoms with van der Waals surface area (Å²) in [4.78, 5) is 25.9. The van der Waals surface area contributed by atoms with Gasteiger partial charge in [0, 0.05) is 31.5 Å². The van der Waals surface area contributed by atoms with E-state index >= 15 is 0 Å². The largest absolute Gasteiger partial charge is 0.355 e. The molecule has 1 aliphatic heterocycles. The smallest absolute Gasteiger partial charge is 0.271 e. The maximum atomic E-state index is 11.9. The molecule has 1 aromatic rings. The van der Waals surface area contributed by atoms with Gasteiger partial charge in [0.1, 0.15) is 5.78 Å². The lowest BCUT2D eigenvalue weighted by molar-refractivity contribution is -0.122. The van der Waals surface area contributed by atoms with Crippen LogP contribution in [0.1, 0.15) is 63.9 Å². The molecule has 1 fully saturated rings. The van der Waals surface area contributed by atoms with Crippen LogP contribution in [0.15, 0.2) is 12.1 Å². The summed E-state index contributed by atoms with van der Waals surface area (Å²) < 4.78 is 0. The fourth-order valence-corrected chi connectivity index (χ4v) is 3.04. The zero-order chi connectivity index (χ0) is 18.4. The maximum absolute atomic E-state index is 11.9. The van der Waals surface area contributed by atoms with Crippen molar-refractivity contribution in [2.75, 3.05) is 18.0 Å². The number of rotatable bonds is 7. The molecule has 1 saturated heterocycles. The van der Waals surface area contributed by atoms with Gasteiger partial charge in [-0.3, -0.25) is 9.59 Å². The van der Waals surface area contributed by atoms with Gasteiger partial charge >= 0.3 is 0 Å². The number of nitrogens with zero attached hydrogens (tertiary/aromatic N) is 3. The number of aromatic nitrogens is 2. The van der Waals surface area contributed by atoms with E-state index in [1.807, 2.05) is 33.8 Å². The van der Waals surface area contributed by atoms with E-state index in [0.29, 0.717) is 23.8 Å². The molecule has 0 spiro atoms. The second-order valence-electron chi connectivity index (χ2n) is 7.50. The zero-order valence-electron chi connectivity index (χ0n) is 15.8. The van der Waals surface area contributed by atoms with Gasteiger partial charge in [-0.15, -0.1) is 10.2 Å². The second kappa shape index (κ2) is 8.92. The average Bonchev–Trinajstić information content (AvgIpc) is 2.59. The van der Waals surface area contributed by atoms with Gasteiger partial charge < -0.3 is 10.2 Å². The molecule has 0 aliphatic carbocycles. The third-order valence-corrected chi connectivity index (χ3v) is 4.68. The van der Waals surface area contributed by atoms with E-state index in [9.17, 15) is 9.59 Å². The number of hydrogen-bond acceptors (Lipinski definition) is 5. The first kappa shape index (κ1) is 19.3. The van der Waals surface area contributed by atoms with Gasteiger partial charge in [0.05, 0.1) is 0 Å². The lowest BCUT2D eigenvalue weighted by atomic mass is 9.90. The van der Waals surface area contributed by atoms with Crippen LogP contribution in [0.4, 0.5) is 5.82 Å². The van der Waals surface area contributed by atoms with E-state index in [2.05, 4.69) is 20.4 Å². The number of carbonyl (C=O) groups excluding carboxylic acids is 2. The molecule has 1 amide bonds. The maximum Gasteiger partial charge on any atom is 0.271 e. The molecule has 0 aromatic carbocycles. The molecule has 2 rings (SSSR count). The van der Waals surface area contributed by atoms with Crippen molar-refractivity contribution in [2.24, 2.45) is 11.8 Å². The predicted octanol–water partition coefficient (Wildman–Crippen LogP) is 2.84. The molecule has 1 aliphatic rings. The summed E-state index contributed by atoms with van der Waals surface area (Å²) >= 11 is 0. The zero-order valence-corrected chi connectivity index (χ0v) is 15.8. The molecule has 2 heterocycles. The summed E-state index contributed by atoms with van der Waals surface area (Å²) in [7, 11) is 0. The van der Waals surface area contributed by atoms with Crippen molar-refractivity contribution in [3.05, 3.63) is 17.8 Å². The average molecular weight is 346 g/mol. The number of anilines is 1. The van der Waals surface area contributed by atoms with Gasteiger partial charge in [-0.25, -0.2) is 0 Å². The molecule has 0 bridgehead atoms. The van der Waals surface area contributed by atoms with Gasteiger partial charge in [0.2, 0.25) is 0 Å². The Balaban J connectivity index is 1.82. The Morgan fingerprint density at radius 2 is 1.84 bits per heavy atom. The Morgan fingerprint density at radius 1 is 1.16 bits per heavy atom. The van der Waals surface area contributed by atoms with Gasteiger partial charge in [-0.1, -0.05) is 13.8 Å². The van der Waals surface area contributed by atoms with Crippen LogP contribution in [-0.2, 0) is 4.79 Å². The van der Waals surface area contributed by atoms with Gasteiger partial charge in [-0.05, 0) is 51.2 Å². The SMILES string of the molecule is CC(C)NC(=O)c1ccc(N2CCC(CCC(=O)C(C)C)CC2)nn1. The standard InChI is InChI=1S/C19H30N4O2/c1-13(2)17(24)7-5-15-9-11-23(12-10-15)18-8-6-16(21-22-18)19(25)20-14(3)4/h6,8,13-15H,5,7,9-12H2,1-4H3,(H,20,25). The minimum absolute atomic E-state index is 0.0792. The number of piperidine rings is 1. The molecule has 1 aromatic heterocycles. The molecule has 25 heavy (non-hydrogen) atoms. The highest BCUT2D eigenvalue weighted by atomic mass is 16.2. The fraction of sp³-hybridized carbons (Fsp3) is 0.684. The Labute approximate surface area is 150 Å². The lowest BCUT2D eigenvalue weighted by Gasteiger charge is -2.32. The molecule has 0 unspecified atom stereocenters. The van der Waals surface area contributed by atoms with E-state index in [0.717, 1.165) is 38.2 Å². The first-order valence-electron chi connectivity index (χ1n) is 9.29. The highest BCUT2D eigenvalue weighted by Gasteiger charge is 2.22. The number of amides is 1. The quantitative estimate of drug-likeness (QED) is 0.822. The van der Waals surface area contributed by atoms with E-state index in [4.69, 9.17) is 0 Å². The third kappa shape index (κ3) is 5.80. The third-order valence-electron chi connectivity index (χ3n) is 4.68. The highest BCUT2D eigenvalue weighted by molar-refractivity contribution is 5.92. The summed E-state index contributed by atoms with van der Waals surface area (Å²) in [5, 5.41) is 11.1. The minimum atomic E-state index is -0.192. The Kier molecular flexibility index (Phi) is 6.91. The van der Waals surface area contributed by atoms with Gasteiger partial charge in [0.25, 0.3) is 5.91 Å². The molecule has 6 heteroatoms. The van der Waals surface area contributed by atoms with E-state index in [1.54, 1.807) is 6.07 Å². The van der Waals surface area contributed by atoms with Crippen LogP contribution in [0.3, 0.4) is 0 Å². The molecule has 0 radical (unpaired) electrons. The van der Waals surface area contributed by atoms with E-state index in [1.165, 1.54) is 0 Å². The predicted molar refractivity (Wildman–Crippen MR) is 98.7 cm³/mol. The number of nitrogens with one attached hydrogen (secondary N) is 1. The summed E-state index contributed by atoms with van der Waals surface area (Å²) in [6, 6.07) is 3.67. The topological polar surface area (TPSA) is 75.2 Å². The van der Waals surface area contributed by atoms with Crippen molar-refractivity contribution in [1.82, 2.24) is 15.5 Å². The normalized spacial score (nSPS) is 15.7. The van der Waals surface area contributed by atoms with E-state index < -0.39 is 0 Å². The van der Waals surface area contributed by atoms with Gasteiger partial charge in [0.15, 0.2) is 11.5 Å². The van der Waals surface area contributed by atoms with Crippen molar-refractivity contribution in [3.63, 3.8) is 0 Å². The molecule has 6 nitrogen and oxygen atoms in total. The van der Waals surface area contributed by atoms with Crippen LogP contribution < -0.4 is 10.2 Å². The second-order valence-corrected chi connectivity index (χ2v) is 7.50. The molecule has 0 atom stereocenters. The minimum Gasteiger partial charge on any atom is -0.355 e. The van der Waals surface area contributed by atoms with Crippen molar-refractivity contribution in [3.8, 4) is 0 Å². The number of ketones is 1. The van der Waals surface area contributed by atoms with Crippen LogP contribution in [-0.4, -0.2) is 41.0 Å². The van der Waals surface area contributed by atoms with Gasteiger partial charge in [-0.2, -0.15) is 0 Å². The lowest BCUT2D eigenvalue weighted by Crippen LogP contribution is -2.35. The van der Waals surface area contributed by atoms with Crippen molar-refractivity contribution in [1.29, 1.82) is 0 Å². The molecule has 0 saturated carbocycles. The van der Waals surface area contributed by atoms with Crippen LogP contribution in [0.25, 0.3) is 0 Å². The summed E-state index contributed by atoms with van der Waals surface area (Å²) in [6.45, 7) is 9.61. The van der Waals surface area contributed by atoms with Crippen molar-refractivity contribution < 1.29 is 9.59 Å². The summed E-state index contributed by atoms with van der Waals surface area (Å²) in [5.41, 5.74) is 0.347. The Morgan fingerprint density at radius 3 is 2.36 bits per heavy atom. The van der Waals surface area contributed by atoms with E-state index in [-0.39, 0.29) is 17.9 Å². The molecule has 138 valence electrons. The van der Waals surface area contributed by atoms with Crippen molar-refractivity contribution >= 4 is 17.5 Å². The number of Topliss-reactive ketones (excluding diaryl/α,β-unsaturated/α-hetero) is 1. The van der Waals surface area contributed by atoms with Crippen LogP contribution >= 0.6 is 0 Å². The Hall–Kier alpha value is -1.98. The molecular formula is C19H30N4O2. The molecule has 1 N–H and O–H groups in total. The van der Waals surface area contributed by atoms with Crippen LogP contribution in [0, 0.1) is 11.8 Å². The first-order valence-corrected chi connectivity index (χ1v) is 9.29. The number of carbonyl (C=O) groups is 2. The number of hydrogen-bond donors (Lipinski definition) is 1. The van der Waals surface area contributed by atoms with Crippen LogP contribution in [0.5, 0.6) is 0 Å². The monoisotopic (exact) mass is 346 g/mol. The molecular weight excluding hydrogens is 316 g/mol. The highest BCUT2D eigenvalue weighted by Crippen LogP contribution is 2.25. The summed E-state index contributed by atoms with van der Waals surface area (Å²) in [6.07, 6.45) is 3.83. The Bertz CT molecular complexity index is 576. The fourth-order valence-electron chi connectivity index (χ4n) is 3.04. The summed E-state index contributed by atoms with van der Waals surface area (Å²) in [5.74, 6) is 1.74. The van der Waals surface area contributed by atoms with Crippen LogP contribution in [0.2, 0.25) is 0 Å². The van der Waals surface area contributed by atoms with Crippen molar-refractivity contribution in [2.45, 2.75) is 59.4 Å².